The van der Waals surface area contributed by atoms with E-state index < -0.39 is 0 Å². The van der Waals surface area contributed by atoms with Crippen LogP contribution in [0.25, 0.3) is 22.1 Å². The monoisotopic (exact) mass is 480 g/mol. The van der Waals surface area contributed by atoms with E-state index in [1.54, 1.807) is 12.5 Å². The third-order valence-corrected chi connectivity index (χ3v) is 6.75. The lowest BCUT2D eigenvalue weighted by Crippen LogP contribution is -2.37. The molecule has 0 unspecified atom stereocenters. The Kier molecular flexibility index (Phi) is 4.74. The Morgan fingerprint density at radius 3 is 2.92 bits per heavy atom. The van der Waals surface area contributed by atoms with E-state index in [2.05, 4.69) is 30.2 Å². The Balaban J connectivity index is 1.14. The van der Waals surface area contributed by atoms with Crippen LogP contribution in [0.2, 0.25) is 0 Å². The number of anilines is 3. The molecule has 3 aromatic heterocycles. The number of imidazole rings is 1. The van der Waals surface area contributed by atoms with Gasteiger partial charge in [0.1, 0.15) is 28.9 Å². The van der Waals surface area contributed by atoms with Gasteiger partial charge in [-0.1, -0.05) is 0 Å². The third-order valence-electron chi connectivity index (χ3n) is 6.75. The van der Waals surface area contributed by atoms with Crippen LogP contribution in [0.1, 0.15) is 12.0 Å². The number of aryl methyl sites for hydroxylation is 2. The van der Waals surface area contributed by atoms with Crippen molar-refractivity contribution in [1.29, 1.82) is 0 Å². The van der Waals surface area contributed by atoms with Gasteiger partial charge in [-0.05, 0) is 49.2 Å². The summed E-state index contributed by atoms with van der Waals surface area (Å²) in [6.45, 7) is 3.50. The molecule has 10 nitrogen and oxygen atoms in total. The van der Waals surface area contributed by atoms with E-state index in [-0.39, 0.29) is 0 Å². The second-order valence-corrected chi connectivity index (χ2v) is 9.25. The van der Waals surface area contributed by atoms with Gasteiger partial charge in [0.15, 0.2) is 5.82 Å². The molecule has 1 saturated heterocycles. The van der Waals surface area contributed by atoms with Gasteiger partial charge in [0.2, 0.25) is 5.95 Å². The molecule has 1 saturated carbocycles. The van der Waals surface area contributed by atoms with Crippen LogP contribution in [0.5, 0.6) is 11.5 Å². The number of aromatic nitrogens is 6. The number of hydrogen-bond donors (Lipinski definition) is 1. The second kappa shape index (κ2) is 8.13. The summed E-state index contributed by atoms with van der Waals surface area (Å²) in [5.74, 6) is 2.86. The van der Waals surface area contributed by atoms with Crippen LogP contribution in [0, 0.1) is 6.92 Å². The van der Waals surface area contributed by atoms with Crippen LogP contribution in [0.3, 0.4) is 0 Å². The van der Waals surface area contributed by atoms with E-state index >= 15 is 0 Å². The largest absolute Gasteiger partial charge is 0.457 e. The zero-order valence-corrected chi connectivity index (χ0v) is 19.9. The summed E-state index contributed by atoms with van der Waals surface area (Å²) in [6, 6.07) is 12.2. The first-order valence-corrected chi connectivity index (χ1v) is 11.9. The molecule has 10 heteroatoms. The minimum atomic E-state index is 0.303. The van der Waals surface area contributed by atoms with Crippen LogP contribution >= 0.6 is 0 Å². The van der Waals surface area contributed by atoms with Gasteiger partial charge in [-0.2, -0.15) is 0 Å². The van der Waals surface area contributed by atoms with Crippen LogP contribution in [0.15, 0.2) is 55.2 Å². The fourth-order valence-electron chi connectivity index (χ4n) is 4.74. The average molecular weight is 481 g/mol. The first kappa shape index (κ1) is 21.0. The maximum Gasteiger partial charge on any atom is 0.226 e. The normalized spacial score (nSPS) is 18.9. The summed E-state index contributed by atoms with van der Waals surface area (Å²) >= 11 is 0. The first-order chi connectivity index (χ1) is 17.6. The van der Waals surface area contributed by atoms with Gasteiger partial charge in [-0.25, -0.2) is 24.9 Å². The number of ether oxygens (including phenoxy) is 2. The zero-order chi connectivity index (χ0) is 24.2. The van der Waals surface area contributed by atoms with Gasteiger partial charge in [-0.3, -0.25) is 0 Å². The number of rotatable bonds is 5. The van der Waals surface area contributed by atoms with Crippen molar-refractivity contribution in [3.8, 4) is 11.5 Å². The highest BCUT2D eigenvalue weighted by molar-refractivity contribution is 5.87. The fraction of sp³-hybridized carbons (Fsp3) is 0.269. The number of nitrogens with one attached hydrogen (secondary N) is 1. The highest BCUT2D eigenvalue weighted by atomic mass is 16.5. The van der Waals surface area contributed by atoms with Crippen molar-refractivity contribution in [3.05, 3.63) is 60.8 Å². The molecule has 1 N–H and O–H groups in total. The second-order valence-electron chi connectivity index (χ2n) is 9.25. The molecule has 4 heterocycles. The predicted molar refractivity (Wildman–Crippen MR) is 136 cm³/mol. The smallest absolute Gasteiger partial charge is 0.226 e. The molecular formula is C26H24N8O2. The van der Waals surface area contributed by atoms with E-state index in [9.17, 15) is 0 Å². The van der Waals surface area contributed by atoms with E-state index in [4.69, 9.17) is 14.5 Å². The maximum atomic E-state index is 6.16. The van der Waals surface area contributed by atoms with E-state index in [1.807, 2.05) is 54.9 Å². The predicted octanol–water partition coefficient (Wildman–Crippen LogP) is 4.13. The molecule has 0 amide bonds. The molecule has 180 valence electrons. The molecule has 0 bridgehead atoms. The molecule has 2 aromatic carbocycles. The molecule has 0 spiro atoms. The van der Waals surface area contributed by atoms with Gasteiger partial charge in [0.25, 0.3) is 0 Å². The topological polar surface area (TPSA) is 103 Å². The van der Waals surface area contributed by atoms with Crippen molar-refractivity contribution in [2.75, 3.05) is 23.4 Å². The van der Waals surface area contributed by atoms with Crippen LogP contribution in [-0.4, -0.2) is 54.8 Å². The molecule has 2 atom stereocenters. The van der Waals surface area contributed by atoms with Gasteiger partial charge in [0, 0.05) is 25.3 Å². The molecule has 1 aliphatic carbocycles. The standard InChI is InChI=1S/C26H24N8O2/c1-15-9-16(3-6-22(15)36-17-4-5-20-18(10-17)30-14-33(20)2)31-25-24-19(28-13-29-25)12-27-26(32-24)34-7-8-35-23-11-21(23)34/h3-6,9-10,12-14,21,23H,7-8,11H2,1-2H3,(H,28,29,31)/t21-,23-/m1/s1. The molecule has 36 heavy (non-hydrogen) atoms. The SMILES string of the molecule is Cc1cc(Nc2ncnc3cnc(N4CCO[C@@H]5C[C@H]54)nc23)ccc1Oc1ccc2c(c1)ncn2C. The summed E-state index contributed by atoms with van der Waals surface area (Å²) < 4.78 is 13.9. The van der Waals surface area contributed by atoms with E-state index in [1.165, 1.54) is 6.33 Å². The number of nitrogens with zero attached hydrogens (tertiary/aromatic N) is 7. The minimum absolute atomic E-state index is 0.303. The molecular weight excluding hydrogens is 456 g/mol. The number of morpholine rings is 1. The lowest BCUT2D eigenvalue weighted by Gasteiger charge is -2.26. The minimum Gasteiger partial charge on any atom is -0.457 e. The molecule has 1 aliphatic heterocycles. The molecule has 2 aliphatic rings. The average Bonchev–Trinajstić information content (AvgIpc) is 3.61. The Morgan fingerprint density at radius 1 is 1.06 bits per heavy atom. The number of fused-ring (bicyclic) bond motifs is 3. The Hall–Kier alpha value is -4.31. The lowest BCUT2D eigenvalue weighted by atomic mass is 10.2. The van der Waals surface area contributed by atoms with Crippen LogP contribution in [-0.2, 0) is 11.8 Å². The van der Waals surface area contributed by atoms with E-state index in [0.29, 0.717) is 41.6 Å². The summed E-state index contributed by atoms with van der Waals surface area (Å²) in [6.07, 6.45) is 6.42. The third kappa shape index (κ3) is 3.66. The highest BCUT2D eigenvalue weighted by Crippen LogP contribution is 2.37. The van der Waals surface area contributed by atoms with Crippen molar-refractivity contribution in [2.24, 2.45) is 7.05 Å². The van der Waals surface area contributed by atoms with Gasteiger partial charge >= 0.3 is 0 Å². The van der Waals surface area contributed by atoms with Crippen molar-refractivity contribution in [3.63, 3.8) is 0 Å². The van der Waals surface area contributed by atoms with Crippen molar-refractivity contribution in [2.45, 2.75) is 25.5 Å². The number of hydrogen-bond acceptors (Lipinski definition) is 9. The Morgan fingerprint density at radius 2 is 2.00 bits per heavy atom. The Labute approximate surface area is 207 Å². The van der Waals surface area contributed by atoms with Crippen molar-refractivity contribution >= 4 is 39.5 Å². The molecule has 0 radical (unpaired) electrons. The van der Waals surface area contributed by atoms with E-state index in [0.717, 1.165) is 46.7 Å². The maximum absolute atomic E-state index is 6.16. The highest BCUT2D eigenvalue weighted by Gasteiger charge is 2.46. The molecule has 7 rings (SSSR count). The summed E-state index contributed by atoms with van der Waals surface area (Å²) in [5, 5.41) is 3.40. The molecule has 2 fully saturated rings. The lowest BCUT2D eigenvalue weighted by molar-refractivity contribution is 0.102. The first-order valence-electron chi connectivity index (χ1n) is 11.9. The zero-order valence-electron chi connectivity index (χ0n) is 19.9. The fourth-order valence-corrected chi connectivity index (χ4v) is 4.74. The van der Waals surface area contributed by atoms with Crippen LogP contribution in [0.4, 0.5) is 17.5 Å². The Bertz CT molecular complexity index is 1620. The summed E-state index contributed by atoms with van der Waals surface area (Å²) in [5.41, 5.74) is 5.22. The van der Waals surface area contributed by atoms with Crippen LogP contribution < -0.4 is 15.0 Å². The van der Waals surface area contributed by atoms with Gasteiger partial charge < -0.3 is 24.3 Å². The van der Waals surface area contributed by atoms with Gasteiger partial charge in [0.05, 0.1) is 42.3 Å². The summed E-state index contributed by atoms with van der Waals surface area (Å²) in [4.78, 5) is 24.9. The summed E-state index contributed by atoms with van der Waals surface area (Å²) in [7, 11) is 1.98. The van der Waals surface area contributed by atoms with Gasteiger partial charge in [-0.15, -0.1) is 0 Å². The number of benzene rings is 2. The molecule has 5 aromatic rings. The van der Waals surface area contributed by atoms with Crippen molar-refractivity contribution < 1.29 is 9.47 Å². The quantitative estimate of drug-likeness (QED) is 0.398. The van der Waals surface area contributed by atoms with Crippen molar-refractivity contribution in [1.82, 2.24) is 29.5 Å².